The van der Waals surface area contributed by atoms with E-state index in [4.69, 9.17) is 5.73 Å². The molecule has 1 aromatic carbocycles. The second kappa shape index (κ2) is 9.21. The smallest absolute Gasteiger partial charge is 0.229 e. The van der Waals surface area contributed by atoms with Gasteiger partial charge < -0.3 is 11.1 Å². The van der Waals surface area contributed by atoms with Crippen molar-refractivity contribution in [2.45, 2.75) is 40.5 Å². The van der Waals surface area contributed by atoms with E-state index in [1.807, 2.05) is 12.1 Å². The predicted molar refractivity (Wildman–Crippen MR) is 109 cm³/mol. The van der Waals surface area contributed by atoms with Crippen LogP contribution in [0.2, 0.25) is 0 Å². The van der Waals surface area contributed by atoms with E-state index in [2.05, 4.69) is 57.3 Å². The van der Waals surface area contributed by atoms with Gasteiger partial charge in [-0.3, -0.25) is 4.79 Å². The van der Waals surface area contributed by atoms with Gasteiger partial charge >= 0.3 is 0 Å². The maximum Gasteiger partial charge on any atom is 0.229 e. The minimum atomic E-state index is -0.618. The molecule has 2 rings (SSSR count). The van der Waals surface area contributed by atoms with Gasteiger partial charge in [-0.2, -0.15) is 0 Å². The van der Waals surface area contributed by atoms with Crippen LogP contribution in [0, 0.1) is 18.3 Å². The Morgan fingerprint density at radius 3 is 2.52 bits per heavy atom. The summed E-state index contributed by atoms with van der Waals surface area (Å²) in [6, 6.07) is 8.36. The summed E-state index contributed by atoms with van der Waals surface area (Å²) in [7, 11) is 0. The van der Waals surface area contributed by atoms with Crippen LogP contribution in [0.15, 0.2) is 42.0 Å². The average Bonchev–Trinajstić information content (AvgIpc) is 2.52. The molecule has 0 bridgehead atoms. The number of amides is 1. The summed E-state index contributed by atoms with van der Waals surface area (Å²) in [6.07, 6.45) is 5.86. The fourth-order valence-corrected chi connectivity index (χ4v) is 3.29. The molecule has 1 unspecified atom stereocenters. The second-order valence-corrected chi connectivity index (χ2v) is 7.40. The lowest BCUT2D eigenvalue weighted by atomic mass is 9.74. The molecule has 0 saturated carbocycles. The number of allylic oxidation sites excluding steroid dienone is 3. The predicted octanol–water partition coefficient (Wildman–Crippen LogP) is 4.26. The van der Waals surface area contributed by atoms with Gasteiger partial charge in [-0.05, 0) is 55.9 Å². The topological polar surface area (TPSA) is 55.1 Å². The largest absolute Gasteiger partial charge is 0.369 e. The van der Waals surface area contributed by atoms with E-state index >= 15 is 0 Å². The normalized spacial score (nSPS) is 19.9. The Morgan fingerprint density at radius 1 is 1.28 bits per heavy atom. The summed E-state index contributed by atoms with van der Waals surface area (Å²) in [5, 5.41) is 3.42. The van der Waals surface area contributed by atoms with Gasteiger partial charge in [-0.25, -0.2) is 0 Å². The molecule has 0 spiro atoms. The van der Waals surface area contributed by atoms with Crippen LogP contribution in [-0.4, -0.2) is 19.0 Å². The van der Waals surface area contributed by atoms with Crippen LogP contribution >= 0.6 is 12.4 Å². The van der Waals surface area contributed by atoms with Gasteiger partial charge in [0.15, 0.2) is 0 Å². The third-order valence-corrected chi connectivity index (χ3v) is 4.87. The number of aryl methyl sites for hydroxylation is 1. The zero-order chi connectivity index (χ0) is 17.7. The quantitative estimate of drug-likeness (QED) is 0.712. The Morgan fingerprint density at radius 2 is 1.96 bits per heavy atom. The molecule has 0 heterocycles. The highest BCUT2D eigenvalue weighted by Crippen LogP contribution is 2.38. The molecule has 1 atom stereocenters. The van der Waals surface area contributed by atoms with E-state index in [-0.39, 0.29) is 18.3 Å². The maximum atomic E-state index is 12.2. The molecule has 138 valence electrons. The highest BCUT2D eigenvalue weighted by atomic mass is 35.5. The Labute approximate surface area is 158 Å². The van der Waals surface area contributed by atoms with Crippen LogP contribution in [0.5, 0.6) is 0 Å². The van der Waals surface area contributed by atoms with E-state index in [1.54, 1.807) is 0 Å². The van der Waals surface area contributed by atoms with Crippen LogP contribution in [-0.2, 0) is 4.79 Å². The summed E-state index contributed by atoms with van der Waals surface area (Å²) < 4.78 is 0. The summed E-state index contributed by atoms with van der Waals surface area (Å²) in [5.74, 6) is 0.400. The Hall–Kier alpha value is -1.58. The second-order valence-electron chi connectivity index (χ2n) is 7.40. The van der Waals surface area contributed by atoms with Gasteiger partial charge in [0.25, 0.3) is 0 Å². The average molecular weight is 363 g/mol. The van der Waals surface area contributed by atoms with Crippen LogP contribution < -0.4 is 11.1 Å². The Kier molecular flexibility index (Phi) is 7.91. The third-order valence-electron chi connectivity index (χ3n) is 4.87. The number of rotatable bonds is 7. The SMILES string of the molecule is CC1=C(c2ccccc2C)C=CC(CNCCC(C)C)(C(N)=O)C1.Cl. The number of carbonyl (C=O) groups excluding carboxylic acids is 1. The highest BCUT2D eigenvalue weighted by Gasteiger charge is 2.36. The van der Waals surface area contributed by atoms with Crippen molar-refractivity contribution < 1.29 is 4.79 Å². The highest BCUT2D eigenvalue weighted by molar-refractivity contribution is 5.88. The summed E-state index contributed by atoms with van der Waals surface area (Å²) in [5.41, 5.74) is 10.1. The molecule has 25 heavy (non-hydrogen) atoms. The van der Waals surface area contributed by atoms with E-state index < -0.39 is 5.41 Å². The van der Waals surface area contributed by atoms with Crippen LogP contribution in [0.1, 0.15) is 44.7 Å². The zero-order valence-electron chi connectivity index (χ0n) is 15.8. The van der Waals surface area contributed by atoms with Crippen molar-refractivity contribution in [3.63, 3.8) is 0 Å². The fourth-order valence-electron chi connectivity index (χ4n) is 3.29. The number of hydrogen-bond acceptors (Lipinski definition) is 2. The number of nitrogens with one attached hydrogen (secondary N) is 1. The van der Waals surface area contributed by atoms with Crippen molar-refractivity contribution in [1.29, 1.82) is 0 Å². The third kappa shape index (κ3) is 5.20. The van der Waals surface area contributed by atoms with Crippen molar-refractivity contribution in [3.05, 3.63) is 53.1 Å². The van der Waals surface area contributed by atoms with Gasteiger partial charge in [0.05, 0.1) is 5.41 Å². The molecule has 0 saturated heterocycles. The molecule has 3 N–H and O–H groups in total. The molecule has 1 aliphatic rings. The number of benzene rings is 1. The molecule has 1 aromatic rings. The van der Waals surface area contributed by atoms with Crippen molar-refractivity contribution in [3.8, 4) is 0 Å². The van der Waals surface area contributed by atoms with Gasteiger partial charge in [0.2, 0.25) is 5.91 Å². The molecule has 0 aromatic heterocycles. The zero-order valence-corrected chi connectivity index (χ0v) is 16.6. The first kappa shape index (κ1) is 21.5. The van der Waals surface area contributed by atoms with Crippen LogP contribution in [0.25, 0.3) is 5.57 Å². The lowest BCUT2D eigenvalue weighted by molar-refractivity contribution is -0.125. The summed E-state index contributed by atoms with van der Waals surface area (Å²) in [4.78, 5) is 12.2. The van der Waals surface area contributed by atoms with Gasteiger partial charge in [-0.15, -0.1) is 12.4 Å². The summed E-state index contributed by atoms with van der Waals surface area (Å²) in [6.45, 7) is 10.1. The minimum absolute atomic E-state index is 0. The van der Waals surface area contributed by atoms with Crippen LogP contribution in [0.3, 0.4) is 0 Å². The fraction of sp³-hybridized carbons (Fsp3) is 0.476. The Balaban J connectivity index is 0.00000312. The molecular formula is C21H31ClN2O. The van der Waals surface area contributed by atoms with E-state index in [0.29, 0.717) is 18.9 Å². The molecular weight excluding hydrogens is 332 g/mol. The molecule has 0 fully saturated rings. The Bertz CT molecular complexity index is 664. The van der Waals surface area contributed by atoms with E-state index in [9.17, 15) is 4.79 Å². The number of nitrogens with two attached hydrogens (primary N) is 1. The number of carbonyl (C=O) groups is 1. The lowest BCUT2D eigenvalue weighted by Crippen LogP contribution is -2.45. The van der Waals surface area contributed by atoms with Crippen molar-refractivity contribution in [2.24, 2.45) is 17.1 Å². The van der Waals surface area contributed by atoms with Crippen molar-refractivity contribution in [1.82, 2.24) is 5.32 Å². The van der Waals surface area contributed by atoms with Crippen molar-refractivity contribution in [2.75, 3.05) is 13.1 Å². The van der Waals surface area contributed by atoms with E-state index in [1.165, 1.54) is 22.3 Å². The molecule has 0 aliphatic heterocycles. The lowest BCUT2D eigenvalue weighted by Gasteiger charge is -2.32. The molecule has 0 radical (unpaired) electrons. The van der Waals surface area contributed by atoms with Gasteiger partial charge in [0, 0.05) is 6.54 Å². The first-order chi connectivity index (χ1) is 11.4. The monoisotopic (exact) mass is 362 g/mol. The summed E-state index contributed by atoms with van der Waals surface area (Å²) >= 11 is 0. The van der Waals surface area contributed by atoms with Crippen molar-refractivity contribution >= 4 is 23.9 Å². The van der Waals surface area contributed by atoms with E-state index in [0.717, 1.165) is 13.0 Å². The molecule has 4 heteroatoms. The maximum absolute atomic E-state index is 12.2. The molecule has 1 amide bonds. The van der Waals surface area contributed by atoms with Gasteiger partial charge in [0.1, 0.15) is 0 Å². The van der Waals surface area contributed by atoms with Gasteiger partial charge in [-0.1, -0.05) is 55.8 Å². The standard InChI is InChI=1S/C21H30N2O.ClH/c1-15(2)10-12-23-14-21(20(22)24)11-9-19(17(4)13-21)18-8-6-5-7-16(18)3;/h5-9,11,15,23H,10,12-14H2,1-4H3,(H2,22,24);1H. The number of halogens is 1. The first-order valence-electron chi connectivity index (χ1n) is 8.81. The molecule has 1 aliphatic carbocycles. The number of hydrogen-bond donors (Lipinski definition) is 2. The first-order valence-corrected chi connectivity index (χ1v) is 8.81. The molecule has 3 nitrogen and oxygen atoms in total. The number of primary amides is 1. The minimum Gasteiger partial charge on any atom is -0.369 e. The van der Waals surface area contributed by atoms with Crippen LogP contribution in [0.4, 0.5) is 0 Å².